The van der Waals surface area contributed by atoms with Crippen LogP contribution in [0.4, 0.5) is 4.79 Å². The van der Waals surface area contributed by atoms with E-state index in [9.17, 15) is 30.0 Å². The summed E-state index contributed by atoms with van der Waals surface area (Å²) in [6, 6.07) is 6.32. The maximum absolute atomic E-state index is 12.9. The first-order chi connectivity index (χ1) is 15.5. The molecule has 11 heteroatoms. The van der Waals surface area contributed by atoms with E-state index in [1.54, 1.807) is 27.0 Å². The quantitative estimate of drug-likeness (QED) is 0.319. The summed E-state index contributed by atoms with van der Waals surface area (Å²) in [5.74, 6) is -0.836. The van der Waals surface area contributed by atoms with Crippen molar-refractivity contribution in [2.24, 2.45) is 0 Å². The number of H-pyrrole nitrogens is 1. The number of esters is 1. The molecule has 0 radical (unpaired) electrons. The first-order valence-corrected chi connectivity index (χ1v) is 10.5. The summed E-state index contributed by atoms with van der Waals surface area (Å²) in [6.07, 6.45) is -7.01. The number of carbonyl (C=O) groups excluding carboxylic acids is 2. The van der Waals surface area contributed by atoms with Crippen LogP contribution in [0.15, 0.2) is 30.5 Å². The Hall–Kier alpha value is -2.70. The molecule has 1 aliphatic heterocycles. The number of para-hydroxylation sites is 1. The third-order valence-electron chi connectivity index (χ3n) is 5.15. The van der Waals surface area contributed by atoms with E-state index in [-0.39, 0.29) is 6.42 Å². The van der Waals surface area contributed by atoms with Crippen LogP contribution in [0.5, 0.6) is 0 Å². The van der Waals surface area contributed by atoms with Crippen molar-refractivity contribution in [1.29, 1.82) is 0 Å². The molecule has 6 atom stereocenters. The van der Waals surface area contributed by atoms with E-state index in [4.69, 9.17) is 14.2 Å². The molecular weight excluding hydrogens is 436 g/mol. The highest BCUT2D eigenvalue weighted by atomic mass is 16.7. The normalized spacial score (nSPS) is 26.6. The van der Waals surface area contributed by atoms with Crippen LogP contribution in [-0.2, 0) is 25.4 Å². The Morgan fingerprint density at radius 2 is 1.82 bits per heavy atom. The van der Waals surface area contributed by atoms with Crippen molar-refractivity contribution in [3.8, 4) is 0 Å². The topological polar surface area (TPSA) is 171 Å². The van der Waals surface area contributed by atoms with Crippen LogP contribution in [0.25, 0.3) is 10.9 Å². The first kappa shape index (κ1) is 24.9. The van der Waals surface area contributed by atoms with Crippen LogP contribution in [0, 0.1) is 0 Å². The summed E-state index contributed by atoms with van der Waals surface area (Å²) >= 11 is 0. The molecule has 1 aromatic heterocycles. The fraction of sp³-hybridized carbons (Fsp3) is 0.545. The van der Waals surface area contributed by atoms with Crippen LogP contribution in [0.3, 0.4) is 0 Å². The number of alkyl carbamates (subject to hydrolysis) is 1. The van der Waals surface area contributed by atoms with Gasteiger partial charge in [0.2, 0.25) is 0 Å². The molecule has 182 valence electrons. The van der Waals surface area contributed by atoms with Crippen LogP contribution < -0.4 is 5.32 Å². The minimum Gasteiger partial charge on any atom is -0.461 e. The van der Waals surface area contributed by atoms with Gasteiger partial charge in [0.15, 0.2) is 6.29 Å². The van der Waals surface area contributed by atoms with Crippen molar-refractivity contribution < 1.29 is 44.2 Å². The van der Waals surface area contributed by atoms with Crippen LogP contribution in [0.1, 0.15) is 26.3 Å². The lowest BCUT2D eigenvalue weighted by atomic mass is 9.99. The van der Waals surface area contributed by atoms with Gasteiger partial charge in [0, 0.05) is 23.5 Å². The lowest BCUT2D eigenvalue weighted by molar-refractivity contribution is -0.287. The van der Waals surface area contributed by atoms with Gasteiger partial charge < -0.3 is 44.9 Å². The number of aromatic amines is 1. The van der Waals surface area contributed by atoms with E-state index in [1.807, 2.05) is 24.3 Å². The van der Waals surface area contributed by atoms with Gasteiger partial charge >= 0.3 is 12.1 Å². The fourth-order valence-corrected chi connectivity index (χ4v) is 3.50. The molecule has 0 spiro atoms. The third-order valence-corrected chi connectivity index (χ3v) is 5.15. The molecule has 6 N–H and O–H groups in total. The molecule has 1 aliphatic rings. The number of rotatable bonds is 6. The summed E-state index contributed by atoms with van der Waals surface area (Å²) in [5, 5.41) is 42.4. The SMILES string of the molecule is CC(C)(C)OC(=O)N[C@H](Cc1c[nH]c2ccccc12)C(=O)OC[C@H]1O[C@@H](O)[C@@H](O)[C@@H](O)[C@@H]1O. The van der Waals surface area contributed by atoms with Crippen LogP contribution in [-0.4, -0.2) is 86.4 Å². The average Bonchev–Trinajstić information content (AvgIpc) is 3.14. The lowest BCUT2D eigenvalue weighted by Crippen LogP contribution is -2.59. The highest BCUT2D eigenvalue weighted by molar-refractivity contribution is 5.86. The number of carbonyl (C=O) groups is 2. The molecule has 0 aliphatic carbocycles. The van der Waals surface area contributed by atoms with Gasteiger partial charge in [-0.2, -0.15) is 0 Å². The Morgan fingerprint density at radius 3 is 2.52 bits per heavy atom. The first-order valence-electron chi connectivity index (χ1n) is 10.5. The number of fused-ring (bicyclic) bond motifs is 1. The number of benzene rings is 1. The number of hydrogen-bond acceptors (Lipinski definition) is 9. The van der Waals surface area contributed by atoms with Crippen molar-refractivity contribution >= 4 is 23.0 Å². The third kappa shape index (κ3) is 6.21. The van der Waals surface area contributed by atoms with Crippen molar-refractivity contribution in [3.63, 3.8) is 0 Å². The zero-order valence-corrected chi connectivity index (χ0v) is 18.6. The van der Waals surface area contributed by atoms with Crippen molar-refractivity contribution in [2.45, 2.75) is 69.5 Å². The van der Waals surface area contributed by atoms with Gasteiger partial charge in [-0.1, -0.05) is 18.2 Å². The molecule has 0 bridgehead atoms. The number of nitrogens with one attached hydrogen (secondary N) is 2. The summed E-state index contributed by atoms with van der Waals surface area (Å²) in [7, 11) is 0. The number of ether oxygens (including phenoxy) is 3. The summed E-state index contributed by atoms with van der Waals surface area (Å²) in [6.45, 7) is 4.53. The van der Waals surface area contributed by atoms with E-state index in [0.29, 0.717) is 0 Å². The molecular formula is C22H30N2O9. The second-order valence-corrected chi connectivity index (χ2v) is 8.93. The molecule has 11 nitrogen and oxygen atoms in total. The Bertz CT molecular complexity index is 970. The van der Waals surface area contributed by atoms with Crippen molar-refractivity contribution in [1.82, 2.24) is 10.3 Å². The fourth-order valence-electron chi connectivity index (χ4n) is 3.50. The minimum absolute atomic E-state index is 0.0835. The van der Waals surface area contributed by atoms with Gasteiger partial charge in [-0.25, -0.2) is 9.59 Å². The van der Waals surface area contributed by atoms with Crippen molar-refractivity contribution in [3.05, 3.63) is 36.0 Å². The monoisotopic (exact) mass is 466 g/mol. The summed E-state index contributed by atoms with van der Waals surface area (Å²) < 4.78 is 15.5. The molecule has 0 saturated carbocycles. The van der Waals surface area contributed by atoms with Gasteiger partial charge in [0.05, 0.1) is 0 Å². The predicted molar refractivity (Wildman–Crippen MR) is 115 cm³/mol. The predicted octanol–water partition coefficient (Wildman–Crippen LogP) is -0.0532. The number of aliphatic hydroxyl groups is 4. The molecule has 1 saturated heterocycles. The molecule has 1 amide bonds. The maximum atomic E-state index is 12.9. The number of aromatic nitrogens is 1. The number of aliphatic hydroxyl groups excluding tert-OH is 4. The number of amides is 1. The molecule has 0 unspecified atom stereocenters. The maximum Gasteiger partial charge on any atom is 0.408 e. The van der Waals surface area contributed by atoms with Gasteiger partial charge in [-0.15, -0.1) is 0 Å². The molecule has 1 aromatic carbocycles. The Morgan fingerprint density at radius 1 is 1.12 bits per heavy atom. The Labute approximate surface area is 190 Å². The highest BCUT2D eigenvalue weighted by Crippen LogP contribution is 2.22. The zero-order valence-electron chi connectivity index (χ0n) is 18.6. The molecule has 2 heterocycles. The van der Waals surface area contributed by atoms with Gasteiger partial charge in [-0.3, -0.25) is 0 Å². The molecule has 1 fully saturated rings. The molecule has 33 heavy (non-hydrogen) atoms. The smallest absolute Gasteiger partial charge is 0.408 e. The van der Waals surface area contributed by atoms with Crippen molar-refractivity contribution in [2.75, 3.05) is 6.61 Å². The Balaban J connectivity index is 1.72. The van der Waals surface area contributed by atoms with Gasteiger partial charge in [0.25, 0.3) is 0 Å². The second-order valence-electron chi connectivity index (χ2n) is 8.93. The van der Waals surface area contributed by atoms with E-state index in [0.717, 1.165) is 16.5 Å². The minimum atomic E-state index is -1.76. The van der Waals surface area contributed by atoms with Gasteiger partial charge in [-0.05, 0) is 32.4 Å². The van der Waals surface area contributed by atoms with E-state index < -0.39 is 61.0 Å². The largest absolute Gasteiger partial charge is 0.461 e. The molecule has 2 aromatic rings. The van der Waals surface area contributed by atoms with Crippen LogP contribution in [0.2, 0.25) is 0 Å². The van der Waals surface area contributed by atoms with Crippen LogP contribution >= 0.6 is 0 Å². The molecule has 3 rings (SSSR count). The standard InChI is InChI=1S/C22H30N2O9/c1-22(2,3)33-21(30)24-14(8-11-9-23-13-7-5-4-6-12(11)13)19(28)31-10-15-16(25)17(26)18(27)20(29)32-15/h4-7,9,14-18,20,23,25-27,29H,8,10H2,1-3H3,(H,24,30)/t14-,15-,16-,17+,18+,20-/m1/s1. The Kier molecular flexibility index (Phi) is 7.60. The van der Waals surface area contributed by atoms with E-state index >= 15 is 0 Å². The lowest BCUT2D eigenvalue weighted by Gasteiger charge is -2.38. The van der Waals surface area contributed by atoms with E-state index in [1.165, 1.54) is 0 Å². The van der Waals surface area contributed by atoms with Gasteiger partial charge in [0.1, 0.15) is 42.7 Å². The number of hydrogen-bond donors (Lipinski definition) is 6. The highest BCUT2D eigenvalue weighted by Gasteiger charge is 2.43. The van der Waals surface area contributed by atoms with E-state index in [2.05, 4.69) is 10.3 Å². The average molecular weight is 466 g/mol. The summed E-state index contributed by atoms with van der Waals surface area (Å²) in [5.41, 5.74) is 0.829. The summed E-state index contributed by atoms with van der Waals surface area (Å²) in [4.78, 5) is 28.3. The zero-order chi connectivity index (χ0) is 24.3. The second kappa shape index (κ2) is 10.1.